The first kappa shape index (κ1) is 39.3. The Balaban J connectivity index is -0.000000641. The highest BCUT2D eigenvalue weighted by Crippen LogP contribution is 2.17. The lowest BCUT2D eigenvalue weighted by Gasteiger charge is -2.25. The van der Waals surface area contributed by atoms with E-state index in [1.54, 1.807) is 0 Å². The molecule has 10 nitrogen and oxygen atoms in total. The van der Waals surface area contributed by atoms with E-state index in [4.69, 9.17) is 12.2 Å². The number of carbonyl (C=O) groups is 5. The van der Waals surface area contributed by atoms with Crippen molar-refractivity contribution in [1.29, 1.82) is 0 Å². The van der Waals surface area contributed by atoms with Gasteiger partial charge >= 0.3 is 6.03 Å². The highest BCUT2D eigenvalue weighted by Gasteiger charge is 2.32. The predicted octanol–water partition coefficient (Wildman–Crippen LogP) is 2.56. The fraction of sp³-hybridized carbons (Fsp3) is 0.679. The maximum Gasteiger partial charge on any atom is 0.312 e. The van der Waals surface area contributed by atoms with Gasteiger partial charge in [-0.25, -0.2) is 4.79 Å². The van der Waals surface area contributed by atoms with Gasteiger partial charge in [-0.1, -0.05) is 61.0 Å². The highest BCUT2D eigenvalue weighted by atomic mass is 16.2. The van der Waals surface area contributed by atoms with Crippen molar-refractivity contribution in [2.45, 2.75) is 98.7 Å². The standard InChI is InChI=1S/C16H23N3O3.C7H14N2O2.C3H8.C2H6/c1-4-6-8-12(14(20)16(22)17-10-5-2)18-15(21)13-9-7-11-19(13)3;1-7(2,3)5(4-10)9-6(8)11;1-3-2;1-2/h1,5,12-13H,2,6-11H2,3H3,(H,17,22)(H,18,21);4-5H,1-3H3,(H3,8,9,11);3H2,1-2H3;1-2H3. The van der Waals surface area contributed by atoms with Crippen LogP contribution in [0.5, 0.6) is 0 Å². The molecule has 0 aliphatic carbocycles. The van der Waals surface area contributed by atoms with Gasteiger partial charge in [-0.15, -0.1) is 18.9 Å². The summed E-state index contributed by atoms with van der Waals surface area (Å²) in [7, 11) is 1.87. The average molecular weight is 538 g/mol. The number of ketones is 1. The summed E-state index contributed by atoms with van der Waals surface area (Å²) in [6.07, 6.45) is 10.9. The summed E-state index contributed by atoms with van der Waals surface area (Å²) >= 11 is 0. The monoisotopic (exact) mass is 537 g/mol. The third-order valence-corrected chi connectivity index (χ3v) is 5.03. The van der Waals surface area contributed by atoms with Crippen LogP contribution >= 0.6 is 0 Å². The number of rotatable bonds is 10. The quantitative estimate of drug-likeness (QED) is 0.146. The lowest BCUT2D eigenvalue weighted by Crippen LogP contribution is -2.51. The van der Waals surface area contributed by atoms with E-state index in [-0.39, 0.29) is 30.3 Å². The summed E-state index contributed by atoms with van der Waals surface area (Å²) in [4.78, 5) is 58.9. The van der Waals surface area contributed by atoms with Crippen molar-refractivity contribution in [1.82, 2.24) is 20.9 Å². The third kappa shape index (κ3) is 18.1. The molecule has 4 amide bonds. The Bertz CT molecular complexity index is 771. The lowest BCUT2D eigenvalue weighted by atomic mass is 9.88. The zero-order valence-corrected chi connectivity index (χ0v) is 24.7. The third-order valence-electron chi connectivity index (χ3n) is 5.03. The van der Waals surface area contributed by atoms with E-state index in [1.807, 2.05) is 46.6 Å². The highest BCUT2D eigenvalue weighted by molar-refractivity contribution is 6.38. The fourth-order valence-electron chi connectivity index (χ4n) is 3.02. The van der Waals surface area contributed by atoms with Crippen LogP contribution in [0.3, 0.4) is 0 Å². The van der Waals surface area contributed by atoms with E-state index in [2.05, 4.69) is 42.3 Å². The van der Waals surface area contributed by atoms with Crippen LogP contribution in [0.15, 0.2) is 12.7 Å². The fourth-order valence-corrected chi connectivity index (χ4v) is 3.02. The van der Waals surface area contributed by atoms with Gasteiger partial charge in [0.1, 0.15) is 6.29 Å². The number of aldehydes is 1. The first-order valence-corrected chi connectivity index (χ1v) is 13.2. The molecule has 1 heterocycles. The minimum Gasteiger partial charge on any atom is -0.352 e. The normalized spacial score (nSPS) is 15.6. The van der Waals surface area contributed by atoms with Gasteiger partial charge in [0.25, 0.3) is 5.91 Å². The zero-order chi connectivity index (χ0) is 30.3. The van der Waals surface area contributed by atoms with Crippen LogP contribution in [-0.4, -0.2) is 73.1 Å². The summed E-state index contributed by atoms with van der Waals surface area (Å²) in [5.41, 5.74) is 4.58. The van der Waals surface area contributed by atoms with Crippen LogP contribution in [0.2, 0.25) is 0 Å². The van der Waals surface area contributed by atoms with Crippen molar-refractivity contribution in [3.05, 3.63) is 12.7 Å². The van der Waals surface area contributed by atoms with E-state index in [1.165, 1.54) is 12.5 Å². The Labute approximate surface area is 229 Å². The first-order chi connectivity index (χ1) is 17.8. The van der Waals surface area contributed by atoms with Crippen LogP contribution in [-0.2, 0) is 19.2 Å². The number of likely N-dealkylation sites (tertiary alicyclic amines) is 1. The van der Waals surface area contributed by atoms with Gasteiger partial charge in [-0.05, 0) is 38.3 Å². The number of terminal acetylenes is 1. The molecule has 3 unspecified atom stereocenters. The molecule has 3 atom stereocenters. The molecule has 38 heavy (non-hydrogen) atoms. The number of urea groups is 1. The van der Waals surface area contributed by atoms with E-state index >= 15 is 0 Å². The van der Waals surface area contributed by atoms with Gasteiger partial charge in [-0.2, -0.15) is 0 Å². The molecule has 0 spiro atoms. The van der Waals surface area contributed by atoms with Crippen LogP contribution < -0.4 is 21.7 Å². The predicted molar refractivity (Wildman–Crippen MR) is 153 cm³/mol. The van der Waals surface area contributed by atoms with Gasteiger partial charge in [0.2, 0.25) is 11.7 Å². The van der Waals surface area contributed by atoms with Crippen molar-refractivity contribution in [3.63, 3.8) is 0 Å². The summed E-state index contributed by atoms with van der Waals surface area (Å²) in [6, 6.07) is -2.32. The van der Waals surface area contributed by atoms with Crippen LogP contribution in [0.4, 0.5) is 4.79 Å². The van der Waals surface area contributed by atoms with Crippen LogP contribution in [0.1, 0.15) is 80.6 Å². The second kappa shape index (κ2) is 23.0. The Hall–Kier alpha value is -3.19. The number of nitrogens with one attached hydrogen (secondary N) is 3. The van der Waals surface area contributed by atoms with E-state index < -0.39 is 29.8 Å². The van der Waals surface area contributed by atoms with Gasteiger partial charge in [0.15, 0.2) is 0 Å². The summed E-state index contributed by atoms with van der Waals surface area (Å²) in [5, 5.41) is 7.43. The molecular formula is C28H51N5O5. The molecular weight excluding hydrogens is 486 g/mol. The van der Waals surface area contributed by atoms with Crippen LogP contribution in [0, 0.1) is 17.8 Å². The van der Waals surface area contributed by atoms with Gasteiger partial charge in [0, 0.05) is 13.0 Å². The molecule has 1 aliphatic rings. The molecule has 0 aromatic carbocycles. The Kier molecular flexibility index (Phi) is 23.8. The Morgan fingerprint density at radius 3 is 2.08 bits per heavy atom. The van der Waals surface area contributed by atoms with Crippen molar-refractivity contribution in [3.8, 4) is 12.3 Å². The molecule has 0 saturated carbocycles. The van der Waals surface area contributed by atoms with E-state index in [0.29, 0.717) is 12.7 Å². The molecule has 1 rings (SSSR count). The van der Waals surface area contributed by atoms with Crippen LogP contribution in [0.25, 0.3) is 0 Å². The van der Waals surface area contributed by atoms with Crippen molar-refractivity contribution >= 4 is 29.9 Å². The number of amides is 4. The lowest BCUT2D eigenvalue weighted by molar-refractivity contribution is -0.140. The largest absolute Gasteiger partial charge is 0.352 e. The summed E-state index contributed by atoms with van der Waals surface area (Å²) < 4.78 is 0. The number of carbonyl (C=O) groups excluding carboxylic acids is 5. The van der Waals surface area contributed by atoms with Gasteiger partial charge in [0.05, 0.1) is 18.1 Å². The minimum absolute atomic E-state index is 0.200. The molecule has 0 aromatic rings. The SMILES string of the molecule is C#CCCC(NC(=O)C1CCCN1C)C(=O)C(=O)NCC=C.CC.CC(C)(C)C(C=O)NC(N)=O.CCC. The number of hydrogen-bond acceptors (Lipinski definition) is 6. The zero-order valence-electron chi connectivity index (χ0n) is 24.7. The number of nitrogens with two attached hydrogens (primary N) is 1. The number of Topliss-reactive ketones (excluding diaryl/α,β-unsaturated/α-hetero) is 1. The second-order valence-corrected chi connectivity index (χ2v) is 9.50. The number of hydrogen-bond donors (Lipinski definition) is 4. The second-order valence-electron chi connectivity index (χ2n) is 9.50. The molecule has 1 aliphatic heterocycles. The maximum absolute atomic E-state index is 12.3. The number of likely N-dealkylation sites (N-methyl/N-ethyl adjacent to an activating group) is 1. The molecule has 5 N–H and O–H groups in total. The van der Waals surface area contributed by atoms with E-state index in [0.717, 1.165) is 19.4 Å². The maximum atomic E-state index is 12.3. The average Bonchev–Trinajstić information content (AvgIpc) is 3.30. The number of nitrogens with zero attached hydrogens (tertiary/aromatic N) is 1. The minimum atomic E-state index is -0.887. The summed E-state index contributed by atoms with van der Waals surface area (Å²) in [6.45, 7) is 18.3. The Morgan fingerprint density at radius 1 is 1.18 bits per heavy atom. The molecule has 0 bridgehead atoms. The molecule has 1 saturated heterocycles. The smallest absolute Gasteiger partial charge is 0.312 e. The topological polar surface area (TPSA) is 151 Å². The molecule has 1 fully saturated rings. The molecule has 10 heteroatoms. The number of primary amides is 1. The van der Waals surface area contributed by atoms with Crippen molar-refractivity contribution in [2.24, 2.45) is 11.1 Å². The van der Waals surface area contributed by atoms with Crippen molar-refractivity contribution < 1.29 is 24.0 Å². The van der Waals surface area contributed by atoms with Gasteiger partial charge < -0.3 is 26.5 Å². The summed E-state index contributed by atoms with van der Waals surface area (Å²) in [5.74, 6) is 0.786. The van der Waals surface area contributed by atoms with Gasteiger partial charge in [-0.3, -0.25) is 19.3 Å². The first-order valence-electron chi connectivity index (χ1n) is 13.2. The molecule has 0 radical (unpaired) electrons. The Morgan fingerprint density at radius 2 is 1.74 bits per heavy atom. The van der Waals surface area contributed by atoms with E-state index in [9.17, 15) is 24.0 Å². The van der Waals surface area contributed by atoms with Crippen molar-refractivity contribution in [2.75, 3.05) is 20.1 Å². The molecule has 218 valence electrons. The molecule has 0 aromatic heterocycles.